The number of hydrazine groups is 1. The highest BCUT2D eigenvalue weighted by Crippen LogP contribution is 2.37. The summed E-state index contributed by atoms with van der Waals surface area (Å²) >= 11 is 0. The van der Waals surface area contributed by atoms with E-state index in [1.54, 1.807) is 46.2 Å². The zero-order valence-corrected chi connectivity index (χ0v) is 20.6. The number of hydrogen-bond acceptors (Lipinski definition) is 7. The molecule has 1 fully saturated rings. The number of nitrogens with zero attached hydrogens (tertiary/aromatic N) is 4. The van der Waals surface area contributed by atoms with Crippen LogP contribution < -0.4 is 31.2 Å². The van der Waals surface area contributed by atoms with E-state index in [1.807, 2.05) is 23.2 Å². The lowest BCUT2D eigenvalue weighted by Crippen LogP contribution is -2.60. The number of anilines is 1. The first-order valence-corrected chi connectivity index (χ1v) is 12.0. The zero-order valence-electron chi connectivity index (χ0n) is 20.6. The summed E-state index contributed by atoms with van der Waals surface area (Å²) in [6, 6.07) is 15.7. The average molecular weight is 516 g/mol. The van der Waals surface area contributed by atoms with Gasteiger partial charge in [-0.1, -0.05) is 29.7 Å². The summed E-state index contributed by atoms with van der Waals surface area (Å²) in [5.41, 5.74) is 13.0. The van der Waals surface area contributed by atoms with Gasteiger partial charge in [0.25, 0.3) is 5.91 Å². The monoisotopic (exact) mass is 515 g/mol. The van der Waals surface area contributed by atoms with E-state index >= 15 is 4.39 Å². The van der Waals surface area contributed by atoms with Crippen molar-refractivity contribution in [2.45, 2.75) is 32.0 Å². The second kappa shape index (κ2) is 10.7. The molecule has 0 radical (unpaired) electrons. The number of halogens is 1. The van der Waals surface area contributed by atoms with Crippen molar-refractivity contribution in [1.82, 2.24) is 20.7 Å². The molecule has 2 aliphatic rings. The predicted molar refractivity (Wildman–Crippen MR) is 138 cm³/mol. The highest BCUT2D eigenvalue weighted by molar-refractivity contribution is 5.96. The molecule has 4 N–H and O–H groups in total. The second-order valence-corrected chi connectivity index (χ2v) is 8.85. The molecular weight excluding hydrogens is 489 g/mol. The van der Waals surface area contributed by atoms with Gasteiger partial charge in [0, 0.05) is 12.1 Å². The van der Waals surface area contributed by atoms with Gasteiger partial charge in [0.2, 0.25) is 0 Å². The highest BCUT2D eigenvalue weighted by Gasteiger charge is 2.38. The molecule has 1 atom stereocenters. The third kappa shape index (κ3) is 5.16. The number of carbonyl (C=O) groups is 2. The number of rotatable bonds is 5. The molecule has 1 aromatic heterocycles. The van der Waals surface area contributed by atoms with E-state index in [9.17, 15) is 9.59 Å². The number of amides is 2. The van der Waals surface area contributed by atoms with Gasteiger partial charge in [-0.2, -0.15) is 9.89 Å². The fourth-order valence-corrected chi connectivity index (χ4v) is 4.46. The molecule has 10 nitrogen and oxygen atoms in total. The maximum absolute atomic E-state index is 15.3. The van der Waals surface area contributed by atoms with Gasteiger partial charge in [0.15, 0.2) is 0 Å². The van der Waals surface area contributed by atoms with Gasteiger partial charge in [-0.3, -0.25) is 25.4 Å². The Labute approximate surface area is 218 Å². The first kappa shape index (κ1) is 24.9. The largest absolute Gasteiger partial charge is 0.457 e. The van der Waals surface area contributed by atoms with Gasteiger partial charge >= 0.3 is 5.91 Å². The summed E-state index contributed by atoms with van der Waals surface area (Å²) in [5.74, 6) is 4.24. The summed E-state index contributed by atoms with van der Waals surface area (Å²) in [4.78, 5) is 27.0. The van der Waals surface area contributed by atoms with Crippen LogP contribution in [-0.4, -0.2) is 34.4 Å². The van der Waals surface area contributed by atoms with Crippen LogP contribution in [0.5, 0.6) is 11.5 Å². The first-order valence-electron chi connectivity index (χ1n) is 12.0. The van der Waals surface area contributed by atoms with Crippen LogP contribution in [0.15, 0.2) is 72.4 Å². The quantitative estimate of drug-likeness (QED) is 0.271. The summed E-state index contributed by atoms with van der Waals surface area (Å²) in [7, 11) is 0. The van der Waals surface area contributed by atoms with Crippen molar-refractivity contribution >= 4 is 17.5 Å². The van der Waals surface area contributed by atoms with Crippen molar-refractivity contribution in [3.05, 3.63) is 84.0 Å². The number of hydrogen-bond donors (Lipinski definition) is 3. The molecule has 11 heteroatoms. The van der Waals surface area contributed by atoms with E-state index in [2.05, 4.69) is 27.8 Å². The van der Waals surface area contributed by atoms with Crippen LogP contribution in [0.1, 0.15) is 31.6 Å². The van der Waals surface area contributed by atoms with Gasteiger partial charge in [-0.15, -0.1) is 0 Å². The maximum Gasteiger partial charge on any atom is 0.314 e. The van der Waals surface area contributed by atoms with E-state index < -0.39 is 23.8 Å². The van der Waals surface area contributed by atoms with E-state index in [0.717, 1.165) is 11.3 Å². The Bertz CT molecular complexity index is 1440. The Morgan fingerprint density at radius 2 is 1.92 bits per heavy atom. The lowest BCUT2D eigenvalue weighted by molar-refractivity contribution is -0.123. The predicted octanol–water partition coefficient (Wildman–Crippen LogP) is 2.45. The molecule has 2 aromatic carbocycles. The van der Waals surface area contributed by atoms with Crippen molar-refractivity contribution in [2.75, 3.05) is 16.6 Å². The third-order valence-electron chi connectivity index (χ3n) is 6.33. The van der Waals surface area contributed by atoms with Crippen molar-refractivity contribution < 1.29 is 18.7 Å². The Kier molecular flexibility index (Phi) is 6.97. The van der Waals surface area contributed by atoms with Crippen LogP contribution >= 0.6 is 0 Å². The van der Waals surface area contributed by atoms with Crippen LogP contribution in [0.4, 0.5) is 10.1 Å². The highest BCUT2D eigenvalue weighted by atomic mass is 19.1. The number of benzene rings is 2. The fraction of sp³-hybridized carbons (Fsp3) is 0.222. The molecule has 2 amide bonds. The molecule has 1 aliphatic heterocycles. The van der Waals surface area contributed by atoms with Gasteiger partial charge in [0.1, 0.15) is 30.2 Å². The smallest absolute Gasteiger partial charge is 0.314 e. The van der Waals surface area contributed by atoms with E-state index in [1.165, 1.54) is 19.1 Å². The van der Waals surface area contributed by atoms with E-state index in [0.29, 0.717) is 36.7 Å². The number of ether oxygens (including phenoxy) is 1. The van der Waals surface area contributed by atoms with Crippen LogP contribution in [0.2, 0.25) is 0 Å². The molecular formula is C27H26FN7O3. The summed E-state index contributed by atoms with van der Waals surface area (Å²) in [6.45, 7) is 1.82. The van der Waals surface area contributed by atoms with Gasteiger partial charge in [0.05, 0.1) is 23.6 Å². The van der Waals surface area contributed by atoms with E-state index in [-0.39, 0.29) is 6.04 Å². The van der Waals surface area contributed by atoms with Crippen LogP contribution in [-0.2, 0) is 9.59 Å². The van der Waals surface area contributed by atoms with Crippen molar-refractivity contribution in [3.63, 3.8) is 0 Å². The molecule has 0 saturated heterocycles. The molecule has 5 rings (SSSR count). The van der Waals surface area contributed by atoms with Crippen LogP contribution in [0.3, 0.4) is 0 Å². The third-order valence-corrected chi connectivity index (χ3v) is 6.33. The first-order chi connectivity index (χ1) is 18.4. The number of carbonyl (C=O) groups excluding carboxylic acids is 2. The summed E-state index contributed by atoms with van der Waals surface area (Å²) < 4.78 is 21.1. The minimum absolute atomic E-state index is 0.0204. The molecule has 1 aliphatic carbocycles. The molecule has 3 aromatic rings. The van der Waals surface area contributed by atoms with Crippen LogP contribution in [0, 0.1) is 17.7 Å². The summed E-state index contributed by atoms with van der Waals surface area (Å²) in [6.07, 6.45) is 3.71. The topological polar surface area (TPSA) is 118 Å². The summed E-state index contributed by atoms with van der Waals surface area (Å²) in [5, 5.41) is 6.42. The number of nitrogens with one attached hydrogen (secondary N) is 2. The number of nitrogens with two attached hydrogens (primary N) is 1. The maximum atomic E-state index is 15.3. The molecule has 1 unspecified atom stereocenters. The van der Waals surface area contributed by atoms with Gasteiger partial charge in [-0.05, 0) is 56.0 Å². The molecule has 0 bridgehead atoms. The standard InChI is InChI=1S/C27H26FN7O3/c1-2-6-25(36)31-32-26(37)15-18-13-19(14-18)34-17-33(27(29)24-11-12-30-35(24)34)23-10-9-21(16-22(23)28)38-20-7-4-3-5-8-20/h3-5,7-12,15-16,19,27H,13-14,17,29H2,1H3,(H,31,36)(H,32,37). The lowest BCUT2D eigenvalue weighted by atomic mass is 9.85. The Morgan fingerprint density at radius 3 is 2.66 bits per heavy atom. The van der Waals surface area contributed by atoms with Crippen molar-refractivity contribution in [1.29, 1.82) is 0 Å². The van der Waals surface area contributed by atoms with Gasteiger partial charge < -0.3 is 15.4 Å². The molecule has 38 heavy (non-hydrogen) atoms. The normalized spacial score (nSPS) is 17.9. The Morgan fingerprint density at radius 1 is 1.13 bits per heavy atom. The molecule has 194 valence electrons. The van der Waals surface area contributed by atoms with E-state index in [4.69, 9.17) is 10.5 Å². The Hall–Kier alpha value is -4.82. The molecule has 0 spiro atoms. The number of aromatic nitrogens is 2. The average Bonchev–Trinajstić information content (AvgIpc) is 3.38. The number of fused-ring (bicyclic) bond motifs is 1. The second-order valence-electron chi connectivity index (χ2n) is 8.85. The van der Waals surface area contributed by atoms with Crippen molar-refractivity contribution in [2.24, 2.45) is 5.73 Å². The minimum atomic E-state index is -0.611. The van der Waals surface area contributed by atoms with Crippen molar-refractivity contribution in [3.8, 4) is 23.3 Å². The molecule has 1 saturated carbocycles. The lowest BCUT2D eigenvalue weighted by Gasteiger charge is -2.48. The Balaban J connectivity index is 1.28. The number of para-hydroxylation sites is 1. The van der Waals surface area contributed by atoms with Crippen LogP contribution in [0.25, 0.3) is 0 Å². The molecule has 2 heterocycles. The zero-order chi connectivity index (χ0) is 26.6. The van der Waals surface area contributed by atoms with Gasteiger partial charge in [-0.25, -0.2) is 4.39 Å². The minimum Gasteiger partial charge on any atom is -0.457 e. The SMILES string of the molecule is CC#CC(=O)NNC(=O)C=C1CC(N2CN(c3ccc(Oc4ccccc4)cc3F)C(N)c3ccnn32)C1. The fourth-order valence-electron chi connectivity index (χ4n) is 4.46.